The van der Waals surface area contributed by atoms with E-state index in [-0.39, 0.29) is 33.4 Å². The minimum Gasteiger partial charge on any atom is -0.457 e. The highest BCUT2D eigenvalue weighted by Gasteiger charge is 2.61. The first-order valence-electron chi connectivity index (χ1n) is 11.4. The number of nitrogens with zero attached hydrogens (tertiary/aromatic N) is 3. The fourth-order valence-electron chi connectivity index (χ4n) is 4.61. The number of carbonyl (C=O) groups is 1. The van der Waals surface area contributed by atoms with Crippen LogP contribution in [-0.2, 0) is 9.53 Å². The maximum absolute atomic E-state index is 13.0. The lowest BCUT2D eigenvalue weighted by Gasteiger charge is -2.14. The Morgan fingerprint density at radius 1 is 1.31 bits per heavy atom. The van der Waals surface area contributed by atoms with Crippen LogP contribution in [0.15, 0.2) is 57.2 Å². The van der Waals surface area contributed by atoms with Gasteiger partial charge < -0.3 is 4.74 Å². The number of rotatable bonds is 9. The van der Waals surface area contributed by atoms with Crippen LogP contribution in [0.3, 0.4) is 0 Å². The van der Waals surface area contributed by atoms with Crippen molar-refractivity contribution in [3.8, 4) is 0 Å². The Balaban J connectivity index is 1.85. The van der Waals surface area contributed by atoms with Crippen LogP contribution >= 0.6 is 15.9 Å². The summed E-state index contributed by atoms with van der Waals surface area (Å²) in [5, 5.41) is 27.0. The van der Waals surface area contributed by atoms with Crippen molar-refractivity contribution < 1.29 is 19.4 Å². The highest BCUT2D eigenvalue weighted by molar-refractivity contribution is 9.10. The molecule has 2 aliphatic rings. The normalized spacial score (nSPS) is 23.3. The van der Waals surface area contributed by atoms with Crippen LogP contribution in [0.4, 0.5) is 17.1 Å². The number of esters is 1. The van der Waals surface area contributed by atoms with Crippen LogP contribution in [-0.4, -0.2) is 27.6 Å². The lowest BCUT2D eigenvalue weighted by molar-refractivity contribution is -0.393. The molecule has 0 heterocycles. The predicted molar refractivity (Wildman–Crippen MR) is 141 cm³/mol. The highest BCUT2D eigenvalue weighted by Crippen LogP contribution is 2.60. The smallest absolute Gasteiger partial charge is 0.310 e. The second-order valence-electron chi connectivity index (χ2n) is 9.86. The Morgan fingerprint density at radius 2 is 1.97 bits per heavy atom. The average Bonchev–Trinajstić information content (AvgIpc) is 3.19. The van der Waals surface area contributed by atoms with Gasteiger partial charge in [-0.15, -0.1) is 6.58 Å². The molecule has 1 fully saturated rings. The van der Waals surface area contributed by atoms with E-state index in [0.717, 1.165) is 22.8 Å². The van der Waals surface area contributed by atoms with Crippen molar-refractivity contribution in [2.75, 3.05) is 5.43 Å². The van der Waals surface area contributed by atoms with E-state index < -0.39 is 27.3 Å². The predicted octanol–water partition coefficient (Wildman–Crippen LogP) is 6.48. The average molecular weight is 561 g/mol. The van der Waals surface area contributed by atoms with Gasteiger partial charge in [0, 0.05) is 12.5 Å². The van der Waals surface area contributed by atoms with E-state index in [1.54, 1.807) is 6.08 Å². The first kappa shape index (κ1) is 27.3. The monoisotopic (exact) mass is 560 g/mol. The lowest BCUT2D eigenvalue weighted by atomic mass is 10.1. The third-order valence-corrected chi connectivity index (χ3v) is 7.36. The van der Waals surface area contributed by atoms with Gasteiger partial charge in [-0.05, 0) is 65.6 Å². The molecule has 192 valence electrons. The number of anilines is 1. The maximum atomic E-state index is 13.0. The first-order valence-corrected chi connectivity index (χ1v) is 12.2. The van der Waals surface area contributed by atoms with E-state index in [9.17, 15) is 25.0 Å². The van der Waals surface area contributed by atoms with Crippen molar-refractivity contribution in [1.82, 2.24) is 0 Å². The van der Waals surface area contributed by atoms with Crippen molar-refractivity contribution in [2.24, 2.45) is 22.4 Å². The van der Waals surface area contributed by atoms with Crippen LogP contribution < -0.4 is 5.43 Å². The molecule has 1 N–H and O–H groups in total. The second-order valence-corrected chi connectivity index (χ2v) is 10.7. The molecule has 1 saturated carbocycles. The van der Waals surface area contributed by atoms with Gasteiger partial charge in [0.05, 0.1) is 32.0 Å². The fourth-order valence-corrected chi connectivity index (χ4v) is 5.14. The van der Waals surface area contributed by atoms with Gasteiger partial charge in [-0.2, -0.15) is 5.10 Å². The van der Waals surface area contributed by atoms with Crippen LogP contribution in [0.2, 0.25) is 0 Å². The zero-order valence-corrected chi connectivity index (χ0v) is 22.4. The molecule has 0 spiro atoms. The summed E-state index contributed by atoms with van der Waals surface area (Å²) in [4.78, 5) is 34.2. The minimum atomic E-state index is -0.717. The number of non-ortho nitro benzene ring substituents is 1. The van der Waals surface area contributed by atoms with Crippen LogP contribution in [0.5, 0.6) is 0 Å². The molecule has 11 heteroatoms. The molecule has 0 bridgehead atoms. The summed E-state index contributed by atoms with van der Waals surface area (Å²) in [6.45, 7) is 13.8. The van der Waals surface area contributed by atoms with Gasteiger partial charge in [-0.3, -0.25) is 30.4 Å². The first-order chi connectivity index (χ1) is 16.8. The van der Waals surface area contributed by atoms with Gasteiger partial charge in [0.1, 0.15) is 11.8 Å². The number of nitrogens with one attached hydrogen (secondary N) is 1. The molecule has 3 atom stereocenters. The molecule has 0 saturated heterocycles. The molecule has 1 aromatic carbocycles. The van der Waals surface area contributed by atoms with Crippen molar-refractivity contribution in [2.45, 2.75) is 53.6 Å². The zero-order valence-electron chi connectivity index (χ0n) is 20.8. The van der Waals surface area contributed by atoms with E-state index >= 15 is 0 Å². The van der Waals surface area contributed by atoms with Crippen LogP contribution in [0.25, 0.3) is 0 Å². The molecule has 3 unspecified atom stereocenters. The van der Waals surface area contributed by atoms with E-state index in [1.165, 1.54) is 6.07 Å². The Hall–Kier alpha value is -3.34. The van der Waals surface area contributed by atoms with Gasteiger partial charge in [-0.1, -0.05) is 31.6 Å². The lowest BCUT2D eigenvalue weighted by Crippen LogP contribution is -2.20. The van der Waals surface area contributed by atoms with Gasteiger partial charge in [0.2, 0.25) is 0 Å². The Morgan fingerprint density at radius 3 is 2.53 bits per heavy atom. The summed E-state index contributed by atoms with van der Waals surface area (Å²) in [6, 6.07) is 2.04. The standard InChI is InChI=1S/C25H29BrN4O6/c1-7-8-16-14(4)21(36-24(31)22-17(9-13(2)3)25(22,5)6)12-19(16)27-28-23-18(26)10-15(29(32)33)11-20(23)30(34)35/h7,9-11,17,21-22,28H,1,8,12H2,2-6H3. The molecule has 10 nitrogen and oxygen atoms in total. The number of carbonyl (C=O) groups excluding carboxylic acids is 1. The molecule has 3 rings (SSSR count). The fraction of sp³-hybridized carbons (Fsp3) is 0.440. The maximum Gasteiger partial charge on any atom is 0.310 e. The molecule has 1 aromatic rings. The topological polar surface area (TPSA) is 137 Å². The zero-order chi connectivity index (χ0) is 26.9. The Labute approximate surface area is 217 Å². The summed E-state index contributed by atoms with van der Waals surface area (Å²) in [7, 11) is 0. The Kier molecular flexibility index (Phi) is 7.82. The van der Waals surface area contributed by atoms with Crippen LogP contribution in [0, 0.1) is 37.5 Å². The number of allylic oxidation sites excluding steroid dienone is 4. The summed E-state index contributed by atoms with van der Waals surface area (Å²) in [5.74, 6) is -0.350. The largest absolute Gasteiger partial charge is 0.457 e. The molecule has 0 radical (unpaired) electrons. The minimum absolute atomic E-state index is 0.0153. The van der Waals surface area contributed by atoms with E-state index in [2.05, 4.69) is 53.0 Å². The Bertz CT molecular complexity index is 1230. The molecule has 0 aromatic heterocycles. The van der Waals surface area contributed by atoms with Crippen LogP contribution in [0.1, 0.15) is 47.5 Å². The number of hydrogen-bond donors (Lipinski definition) is 1. The number of nitro groups is 2. The summed E-state index contributed by atoms with van der Waals surface area (Å²) < 4.78 is 6.05. The summed E-state index contributed by atoms with van der Waals surface area (Å²) >= 11 is 3.16. The summed E-state index contributed by atoms with van der Waals surface area (Å²) in [6.07, 6.45) is 4.08. The number of nitro benzene ring substituents is 2. The highest BCUT2D eigenvalue weighted by atomic mass is 79.9. The van der Waals surface area contributed by atoms with Crippen molar-refractivity contribution in [3.05, 3.63) is 72.3 Å². The molecule has 0 aliphatic heterocycles. The number of ether oxygens (including phenoxy) is 1. The van der Waals surface area contributed by atoms with E-state index in [1.807, 2.05) is 20.8 Å². The third kappa shape index (κ3) is 5.40. The van der Waals surface area contributed by atoms with Gasteiger partial charge in [0.15, 0.2) is 0 Å². The van der Waals surface area contributed by atoms with Gasteiger partial charge >= 0.3 is 11.7 Å². The van der Waals surface area contributed by atoms with E-state index in [0.29, 0.717) is 18.6 Å². The second kappa shape index (κ2) is 10.3. The molecular weight excluding hydrogens is 532 g/mol. The SMILES string of the molecule is C=CCC1=C(C)C(OC(=O)C2C(C=C(C)C)C2(C)C)CC1=NNc1c(Br)cc([N+](=O)[O-])cc1[N+](=O)[O-]. The van der Waals surface area contributed by atoms with Crippen molar-refractivity contribution in [1.29, 1.82) is 0 Å². The molecular formula is C25H29BrN4O6. The van der Waals surface area contributed by atoms with Crippen molar-refractivity contribution in [3.63, 3.8) is 0 Å². The number of halogens is 1. The molecule has 0 amide bonds. The number of hydrogen-bond acceptors (Lipinski definition) is 8. The number of benzene rings is 1. The van der Waals surface area contributed by atoms with Crippen molar-refractivity contribution >= 4 is 44.7 Å². The molecule has 2 aliphatic carbocycles. The quantitative estimate of drug-likeness (QED) is 0.158. The van der Waals surface area contributed by atoms with Gasteiger partial charge in [-0.25, -0.2) is 0 Å². The third-order valence-electron chi connectivity index (χ3n) is 6.73. The number of hydrazone groups is 1. The van der Waals surface area contributed by atoms with Gasteiger partial charge in [0.25, 0.3) is 5.69 Å². The molecule has 36 heavy (non-hydrogen) atoms. The van der Waals surface area contributed by atoms with E-state index in [4.69, 9.17) is 4.74 Å². The summed E-state index contributed by atoms with van der Waals surface area (Å²) in [5.41, 5.74) is 4.99.